The molecule has 0 saturated carbocycles. The van der Waals surface area contributed by atoms with Crippen LogP contribution in [0.3, 0.4) is 0 Å². The maximum atomic E-state index is 12.4. The number of aromatic nitrogens is 1. The highest BCUT2D eigenvalue weighted by atomic mass is 16.1. The third kappa shape index (κ3) is 5.52. The molecule has 1 saturated heterocycles. The van der Waals surface area contributed by atoms with E-state index in [2.05, 4.69) is 49.7 Å². The molecule has 1 amide bonds. The van der Waals surface area contributed by atoms with Gasteiger partial charge in [0, 0.05) is 70.5 Å². The van der Waals surface area contributed by atoms with Crippen molar-refractivity contribution in [2.45, 2.75) is 6.42 Å². The normalized spacial score (nSPS) is 14.7. The highest BCUT2D eigenvalue weighted by Gasteiger charge is 2.10. The number of nitrogens with one attached hydrogen (secondary N) is 2. The standard InChI is InChI=1S/C21H29N5O/c1-25(2)20-6-4-17(5-7-20)18-14-19(16-23-15-18)21(27)24-8-3-11-26-12-9-22-10-13-26/h4-7,14-16,22H,3,8-13H2,1-2H3,(H,24,27). The Kier molecular flexibility index (Phi) is 6.79. The number of carbonyl (C=O) groups is 1. The van der Waals surface area contributed by atoms with E-state index in [4.69, 9.17) is 0 Å². The molecule has 2 N–H and O–H groups in total. The first-order chi connectivity index (χ1) is 13.1. The predicted molar refractivity (Wildman–Crippen MR) is 110 cm³/mol. The van der Waals surface area contributed by atoms with Crippen molar-refractivity contribution in [2.75, 3.05) is 58.3 Å². The molecule has 0 aliphatic carbocycles. The van der Waals surface area contributed by atoms with Crippen LogP contribution < -0.4 is 15.5 Å². The summed E-state index contributed by atoms with van der Waals surface area (Å²) in [5, 5.41) is 6.36. The van der Waals surface area contributed by atoms with Crippen LogP contribution in [0.5, 0.6) is 0 Å². The summed E-state index contributed by atoms with van der Waals surface area (Å²) in [5.74, 6) is -0.0606. The SMILES string of the molecule is CN(C)c1ccc(-c2cncc(C(=O)NCCCN3CCNCC3)c2)cc1. The topological polar surface area (TPSA) is 60.5 Å². The summed E-state index contributed by atoms with van der Waals surface area (Å²) >= 11 is 0. The highest BCUT2D eigenvalue weighted by molar-refractivity contribution is 5.95. The van der Waals surface area contributed by atoms with Gasteiger partial charge in [0.1, 0.15) is 0 Å². The summed E-state index contributed by atoms with van der Waals surface area (Å²) in [5.41, 5.74) is 3.76. The van der Waals surface area contributed by atoms with E-state index < -0.39 is 0 Å². The fraction of sp³-hybridized carbons (Fsp3) is 0.429. The van der Waals surface area contributed by atoms with Crippen molar-refractivity contribution in [3.63, 3.8) is 0 Å². The van der Waals surface area contributed by atoms with Gasteiger partial charge in [-0.3, -0.25) is 9.78 Å². The third-order valence-electron chi connectivity index (χ3n) is 4.86. The molecule has 1 fully saturated rings. The number of carbonyl (C=O) groups excluding carboxylic acids is 1. The van der Waals surface area contributed by atoms with Crippen molar-refractivity contribution in [2.24, 2.45) is 0 Å². The number of amides is 1. The maximum absolute atomic E-state index is 12.4. The lowest BCUT2D eigenvalue weighted by Gasteiger charge is -2.27. The summed E-state index contributed by atoms with van der Waals surface area (Å²) in [4.78, 5) is 21.2. The van der Waals surface area contributed by atoms with E-state index in [0.717, 1.165) is 56.0 Å². The fourth-order valence-corrected chi connectivity index (χ4v) is 3.22. The minimum Gasteiger partial charge on any atom is -0.378 e. The number of rotatable bonds is 7. The molecule has 0 unspecified atom stereocenters. The molecular formula is C21H29N5O. The quantitative estimate of drug-likeness (QED) is 0.732. The van der Waals surface area contributed by atoms with Gasteiger partial charge >= 0.3 is 0 Å². The first-order valence-electron chi connectivity index (χ1n) is 9.57. The van der Waals surface area contributed by atoms with Crippen molar-refractivity contribution < 1.29 is 4.79 Å². The molecule has 0 radical (unpaired) electrons. The minimum absolute atomic E-state index is 0.0606. The molecule has 0 atom stereocenters. The molecular weight excluding hydrogens is 338 g/mol. The van der Waals surface area contributed by atoms with Crippen LogP contribution >= 0.6 is 0 Å². The van der Waals surface area contributed by atoms with E-state index in [1.807, 2.05) is 20.2 Å². The lowest BCUT2D eigenvalue weighted by atomic mass is 10.1. The molecule has 0 spiro atoms. The molecule has 144 valence electrons. The molecule has 2 heterocycles. The average molecular weight is 367 g/mol. The van der Waals surface area contributed by atoms with Gasteiger partial charge in [-0.2, -0.15) is 0 Å². The molecule has 1 aliphatic rings. The summed E-state index contributed by atoms with van der Waals surface area (Å²) in [6.45, 7) is 6.00. The lowest BCUT2D eigenvalue weighted by Crippen LogP contribution is -2.44. The second kappa shape index (κ2) is 9.48. The van der Waals surface area contributed by atoms with Gasteiger partial charge in [-0.05, 0) is 36.7 Å². The largest absolute Gasteiger partial charge is 0.378 e. The number of piperazine rings is 1. The van der Waals surface area contributed by atoms with Crippen LogP contribution in [0.1, 0.15) is 16.8 Å². The van der Waals surface area contributed by atoms with Gasteiger partial charge < -0.3 is 20.4 Å². The lowest BCUT2D eigenvalue weighted by molar-refractivity contribution is 0.0951. The van der Waals surface area contributed by atoms with Crippen LogP contribution in [0.15, 0.2) is 42.7 Å². The number of anilines is 1. The zero-order valence-electron chi connectivity index (χ0n) is 16.2. The Labute approximate surface area is 161 Å². The minimum atomic E-state index is -0.0606. The van der Waals surface area contributed by atoms with Crippen LogP contribution in [0.4, 0.5) is 5.69 Å². The van der Waals surface area contributed by atoms with E-state index >= 15 is 0 Å². The molecule has 6 heteroatoms. The molecule has 1 aromatic carbocycles. The van der Waals surface area contributed by atoms with Crippen LogP contribution in [0.2, 0.25) is 0 Å². The Morgan fingerprint density at radius 3 is 2.59 bits per heavy atom. The first kappa shape index (κ1) is 19.3. The Morgan fingerprint density at radius 1 is 1.15 bits per heavy atom. The average Bonchev–Trinajstić information content (AvgIpc) is 2.72. The molecule has 6 nitrogen and oxygen atoms in total. The molecule has 3 rings (SSSR count). The van der Waals surface area contributed by atoms with Gasteiger partial charge in [-0.1, -0.05) is 12.1 Å². The van der Waals surface area contributed by atoms with Crippen molar-refractivity contribution in [1.82, 2.24) is 20.5 Å². The van der Waals surface area contributed by atoms with Gasteiger partial charge in [-0.25, -0.2) is 0 Å². The van der Waals surface area contributed by atoms with Gasteiger partial charge in [0.15, 0.2) is 0 Å². The fourth-order valence-electron chi connectivity index (χ4n) is 3.22. The maximum Gasteiger partial charge on any atom is 0.252 e. The van der Waals surface area contributed by atoms with Gasteiger partial charge in [0.25, 0.3) is 5.91 Å². The second-order valence-electron chi connectivity index (χ2n) is 7.10. The van der Waals surface area contributed by atoms with Crippen LogP contribution in [-0.2, 0) is 0 Å². The van der Waals surface area contributed by atoms with Gasteiger partial charge in [0.05, 0.1) is 5.56 Å². The van der Waals surface area contributed by atoms with Crippen LogP contribution in [0, 0.1) is 0 Å². The summed E-state index contributed by atoms with van der Waals surface area (Å²) in [6.07, 6.45) is 4.39. The zero-order chi connectivity index (χ0) is 19.1. The Morgan fingerprint density at radius 2 is 1.89 bits per heavy atom. The highest BCUT2D eigenvalue weighted by Crippen LogP contribution is 2.22. The zero-order valence-corrected chi connectivity index (χ0v) is 16.2. The molecule has 2 aromatic rings. The van der Waals surface area contributed by atoms with Crippen LogP contribution in [0.25, 0.3) is 11.1 Å². The Balaban J connectivity index is 1.53. The number of hydrogen-bond donors (Lipinski definition) is 2. The van der Waals surface area contributed by atoms with Crippen molar-refractivity contribution >= 4 is 11.6 Å². The second-order valence-corrected chi connectivity index (χ2v) is 7.10. The molecule has 0 bridgehead atoms. The molecule has 27 heavy (non-hydrogen) atoms. The monoisotopic (exact) mass is 367 g/mol. The Hall–Kier alpha value is -2.44. The Bertz CT molecular complexity index is 738. The first-order valence-corrected chi connectivity index (χ1v) is 9.57. The molecule has 1 aromatic heterocycles. The number of benzene rings is 1. The van der Waals surface area contributed by atoms with Crippen molar-refractivity contribution in [3.05, 3.63) is 48.3 Å². The third-order valence-corrected chi connectivity index (χ3v) is 4.86. The molecule has 1 aliphatic heterocycles. The van der Waals surface area contributed by atoms with E-state index in [9.17, 15) is 4.79 Å². The van der Waals surface area contributed by atoms with Crippen molar-refractivity contribution in [1.29, 1.82) is 0 Å². The number of nitrogens with zero attached hydrogens (tertiary/aromatic N) is 3. The van der Waals surface area contributed by atoms with Crippen molar-refractivity contribution in [3.8, 4) is 11.1 Å². The van der Waals surface area contributed by atoms with Gasteiger partial charge in [-0.15, -0.1) is 0 Å². The smallest absolute Gasteiger partial charge is 0.252 e. The predicted octanol–water partition coefficient (Wildman–Crippen LogP) is 1.84. The van der Waals surface area contributed by atoms with E-state index in [1.54, 1.807) is 12.4 Å². The van der Waals surface area contributed by atoms with Gasteiger partial charge in [0.2, 0.25) is 0 Å². The summed E-state index contributed by atoms with van der Waals surface area (Å²) in [6, 6.07) is 10.2. The number of pyridine rings is 1. The van der Waals surface area contributed by atoms with E-state index in [0.29, 0.717) is 12.1 Å². The van der Waals surface area contributed by atoms with E-state index in [1.165, 1.54) is 0 Å². The summed E-state index contributed by atoms with van der Waals surface area (Å²) in [7, 11) is 4.04. The summed E-state index contributed by atoms with van der Waals surface area (Å²) < 4.78 is 0. The van der Waals surface area contributed by atoms with Crippen LogP contribution in [-0.4, -0.2) is 69.2 Å². The van der Waals surface area contributed by atoms with E-state index in [-0.39, 0.29) is 5.91 Å². The number of hydrogen-bond acceptors (Lipinski definition) is 5.